The first-order chi connectivity index (χ1) is 6.41. The molecule has 0 spiro atoms. The van der Waals surface area contributed by atoms with Gasteiger partial charge in [0.05, 0.1) is 0 Å². The molecule has 0 saturated heterocycles. The molecular weight excluding hydrogens is 214 g/mol. The van der Waals surface area contributed by atoms with Gasteiger partial charge in [-0.3, -0.25) is 0 Å². The fourth-order valence-corrected chi connectivity index (χ4v) is 1.73. The lowest BCUT2D eigenvalue weighted by atomic mass is 10.5. The van der Waals surface area contributed by atoms with E-state index in [1.165, 1.54) is 6.92 Å². The van der Waals surface area contributed by atoms with Crippen LogP contribution in [-0.2, 0) is 10.4 Å². The lowest BCUT2D eigenvalue weighted by Crippen LogP contribution is -2.21. The van der Waals surface area contributed by atoms with Crippen molar-refractivity contribution < 1.29 is 21.9 Å². The Bertz CT molecular complexity index is 476. The van der Waals surface area contributed by atoms with Crippen LogP contribution < -0.4 is 14.1 Å². The molecular formula is C5H7N3O5S. The second-order valence-electron chi connectivity index (χ2n) is 2.68. The molecule has 8 nitrogen and oxygen atoms in total. The number of aliphatic hydroxyl groups is 1. The highest BCUT2D eigenvalue weighted by molar-refractivity contribution is 7.82. The first-order valence-electron chi connectivity index (χ1n) is 3.60. The summed E-state index contributed by atoms with van der Waals surface area (Å²) in [4.78, 5) is 0. The minimum Gasteiger partial charge on any atom is -0.390 e. The standard InChI is InChI=1S/C5H7N3O5S/c1-2(9)8-5-3(6)4(7-8)12-14(10,11)13-5/h2,9H,6H2,1H3. The van der Waals surface area contributed by atoms with Gasteiger partial charge in [0.2, 0.25) is 0 Å². The Hall–Kier alpha value is -1.48. The third kappa shape index (κ3) is 1.17. The maximum Gasteiger partial charge on any atom is 0.504 e. The van der Waals surface area contributed by atoms with Crippen molar-refractivity contribution in [2.75, 3.05) is 5.73 Å². The van der Waals surface area contributed by atoms with Crippen molar-refractivity contribution in [1.29, 1.82) is 0 Å². The molecule has 78 valence electrons. The summed E-state index contributed by atoms with van der Waals surface area (Å²) in [6, 6.07) is 0. The average molecular weight is 221 g/mol. The van der Waals surface area contributed by atoms with Crippen LogP contribution in [0.3, 0.4) is 0 Å². The number of nitrogens with two attached hydrogens (primary N) is 1. The molecule has 1 unspecified atom stereocenters. The highest BCUT2D eigenvalue weighted by Crippen LogP contribution is 2.38. The molecule has 0 aromatic carbocycles. The van der Waals surface area contributed by atoms with Crippen LogP contribution in [-0.4, -0.2) is 23.3 Å². The number of nitrogen functional groups attached to an aromatic ring is 1. The quantitative estimate of drug-likeness (QED) is 0.624. The van der Waals surface area contributed by atoms with E-state index in [0.717, 1.165) is 4.68 Å². The predicted molar refractivity (Wildman–Crippen MR) is 43.7 cm³/mol. The number of anilines is 1. The van der Waals surface area contributed by atoms with Gasteiger partial charge < -0.3 is 19.2 Å². The van der Waals surface area contributed by atoms with Gasteiger partial charge in [0, 0.05) is 0 Å². The topological polar surface area (TPSA) is 117 Å². The van der Waals surface area contributed by atoms with E-state index in [0.29, 0.717) is 0 Å². The van der Waals surface area contributed by atoms with Crippen molar-refractivity contribution >= 4 is 16.1 Å². The maximum atomic E-state index is 10.9. The lowest BCUT2D eigenvalue weighted by molar-refractivity contribution is 0.105. The van der Waals surface area contributed by atoms with E-state index in [9.17, 15) is 13.5 Å². The summed E-state index contributed by atoms with van der Waals surface area (Å²) in [7, 11) is -4.14. The van der Waals surface area contributed by atoms with E-state index < -0.39 is 16.6 Å². The van der Waals surface area contributed by atoms with Crippen LogP contribution in [0.2, 0.25) is 0 Å². The van der Waals surface area contributed by atoms with Gasteiger partial charge >= 0.3 is 10.4 Å². The van der Waals surface area contributed by atoms with Gasteiger partial charge in [-0.2, -0.15) is 4.68 Å². The zero-order chi connectivity index (χ0) is 10.5. The number of aromatic nitrogens is 2. The van der Waals surface area contributed by atoms with Crippen LogP contribution >= 0.6 is 0 Å². The van der Waals surface area contributed by atoms with Gasteiger partial charge in [-0.25, -0.2) is 0 Å². The zero-order valence-corrected chi connectivity index (χ0v) is 7.85. The molecule has 14 heavy (non-hydrogen) atoms. The first-order valence-corrected chi connectivity index (χ1v) is 4.94. The van der Waals surface area contributed by atoms with E-state index in [4.69, 9.17) is 5.73 Å². The number of fused-ring (bicyclic) bond motifs is 2. The second kappa shape index (κ2) is 2.51. The number of hydrogen-bond donors (Lipinski definition) is 2. The van der Waals surface area contributed by atoms with Gasteiger partial charge in [0.1, 0.15) is 6.23 Å². The highest BCUT2D eigenvalue weighted by atomic mass is 32.3. The normalized spacial score (nSPS) is 19.6. The van der Waals surface area contributed by atoms with Crippen molar-refractivity contribution in [2.45, 2.75) is 13.2 Å². The summed E-state index contributed by atoms with van der Waals surface area (Å²) in [5.74, 6) is -0.520. The smallest absolute Gasteiger partial charge is 0.390 e. The Balaban J connectivity index is 2.60. The summed E-state index contributed by atoms with van der Waals surface area (Å²) in [5, 5.41) is 12.8. The van der Waals surface area contributed by atoms with Crippen LogP contribution in [0.25, 0.3) is 0 Å². The third-order valence-corrected chi connectivity index (χ3v) is 2.31. The Morgan fingerprint density at radius 2 is 2.21 bits per heavy atom. The van der Waals surface area contributed by atoms with Crippen molar-refractivity contribution in [1.82, 2.24) is 9.78 Å². The van der Waals surface area contributed by atoms with Crippen molar-refractivity contribution in [2.24, 2.45) is 0 Å². The fourth-order valence-electron chi connectivity index (χ4n) is 1.02. The first kappa shape index (κ1) is 9.09. The monoisotopic (exact) mass is 221 g/mol. The molecule has 0 aliphatic carbocycles. The molecule has 1 aromatic heterocycles. The summed E-state index contributed by atoms with van der Waals surface area (Å²) in [6.07, 6.45) is -1.06. The largest absolute Gasteiger partial charge is 0.504 e. The molecule has 1 aromatic rings. The van der Waals surface area contributed by atoms with Crippen LogP contribution in [0, 0.1) is 0 Å². The number of rotatable bonds is 1. The molecule has 1 atom stereocenters. The van der Waals surface area contributed by atoms with Gasteiger partial charge in [0.15, 0.2) is 5.69 Å². The lowest BCUT2D eigenvalue weighted by Gasteiger charge is -2.11. The van der Waals surface area contributed by atoms with E-state index in [1.807, 2.05) is 0 Å². The van der Waals surface area contributed by atoms with Crippen molar-refractivity contribution in [3.8, 4) is 11.8 Å². The molecule has 0 radical (unpaired) electrons. The Morgan fingerprint density at radius 3 is 2.79 bits per heavy atom. The molecule has 0 amide bonds. The minimum atomic E-state index is -4.14. The van der Waals surface area contributed by atoms with Gasteiger partial charge in [-0.05, 0) is 6.92 Å². The fraction of sp³-hybridized carbons (Fsp3) is 0.400. The van der Waals surface area contributed by atoms with E-state index in [2.05, 4.69) is 13.5 Å². The van der Waals surface area contributed by atoms with Crippen LogP contribution in [0.1, 0.15) is 13.2 Å². The minimum absolute atomic E-state index is 0.0549. The Kier molecular flexibility index (Phi) is 1.63. The molecule has 0 fully saturated rings. The molecule has 2 bridgehead atoms. The maximum absolute atomic E-state index is 10.9. The number of nitrogens with zero attached hydrogens (tertiary/aromatic N) is 2. The number of aliphatic hydroxyl groups excluding tert-OH is 1. The van der Waals surface area contributed by atoms with Crippen LogP contribution in [0.15, 0.2) is 0 Å². The molecule has 1 aliphatic heterocycles. The van der Waals surface area contributed by atoms with E-state index in [-0.39, 0.29) is 17.4 Å². The molecule has 3 N–H and O–H groups in total. The van der Waals surface area contributed by atoms with Gasteiger partial charge in [-0.15, -0.1) is 13.5 Å². The third-order valence-electron chi connectivity index (χ3n) is 1.58. The SMILES string of the molecule is CC(O)n1nc2c(N)c1OS(=O)(=O)O2. The summed E-state index contributed by atoms with van der Waals surface area (Å²) >= 11 is 0. The molecule has 2 rings (SSSR count). The van der Waals surface area contributed by atoms with Crippen LogP contribution in [0.5, 0.6) is 11.8 Å². The van der Waals surface area contributed by atoms with Crippen LogP contribution in [0.4, 0.5) is 5.69 Å². The van der Waals surface area contributed by atoms with Crippen molar-refractivity contribution in [3.63, 3.8) is 0 Å². The Labute approximate surface area is 79.2 Å². The summed E-state index contributed by atoms with van der Waals surface area (Å²) in [6.45, 7) is 1.38. The van der Waals surface area contributed by atoms with E-state index >= 15 is 0 Å². The van der Waals surface area contributed by atoms with Gasteiger partial charge in [-0.1, -0.05) is 0 Å². The molecule has 0 saturated carbocycles. The molecule has 2 heterocycles. The number of hydrogen-bond acceptors (Lipinski definition) is 7. The second-order valence-corrected chi connectivity index (χ2v) is 3.83. The highest BCUT2D eigenvalue weighted by Gasteiger charge is 2.34. The average Bonchev–Trinajstić information content (AvgIpc) is 2.29. The molecule has 1 aliphatic rings. The van der Waals surface area contributed by atoms with Crippen molar-refractivity contribution in [3.05, 3.63) is 0 Å². The molecule has 9 heteroatoms. The zero-order valence-electron chi connectivity index (χ0n) is 7.04. The van der Waals surface area contributed by atoms with Gasteiger partial charge in [0.25, 0.3) is 11.8 Å². The summed E-state index contributed by atoms with van der Waals surface area (Å²) in [5.41, 5.74) is 5.36. The summed E-state index contributed by atoms with van der Waals surface area (Å²) < 4.78 is 31.4. The van der Waals surface area contributed by atoms with E-state index in [1.54, 1.807) is 0 Å². The Morgan fingerprint density at radius 1 is 1.57 bits per heavy atom. The predicted octanol–water partition coefficient (Wildman–Crippen LogP) is -1.01.